The molecule has 0 saturated carbocycles. The van der Waals surface area contributed by atoms with Crippen LogP contribution in [0.2, 0.25) is 0 Å². The third kappa shape index (κ3) is 4.34. The first-order chi connectivity index (χ1) is 15.7. The largest absolute Gasteiger partial charge is 0.336 e. The van der Waals surface area contributed by atoms with Crippen LogP contribution < -0.4 is 0 Å². The fourth-order valence-corrected chi connectivity index (χ4v) is 5.13. The van der Waals surface area contributed by atoms with Gasteiger partial charge >= 0.3 is 0 Å². The third-order valence-corrected chi connectivity index (χ3v) is 7.40. The number of carbonyl (C=O) groups excluding carboxylic acids is 1. The number of amides is 1. The molecule has 0 N–H and O–H groups in total. The minimum Gasteiger partial charge on any atom is -0.336 e. The molecule has 1 aromatic heterocycles. The maximum Gasteiger partial charge on any atom is 0.270 e. The lowest BCUT2D eigenvalue weighted by Crippen LogP contribution is -2.50. The van der Waals surface area contributed by atoms with E-state index in [1.54, 1.807) is 24.0 Å². The van der Waals surface area contributed by atoms with E-state index in [2.05, 4.69) is 5.10 Å². The molecule has 0 spiro atoms. The van der Waals surface area contributed by atoms with Gasteiger partial charge in [0.2, 0.25) is 10.0 Å². The predicted molar refractivity (Wildman–Crippen MR) is 116 cm³/mol. The van der Waals surface area contributed by atoms with Crippen LogP contribution in [-0.4, -0.2) is 64.4 Å². The summed E-state index contributed by atoms with van der Waals surface area (Å²) in [4.78, 5) is 24.7. The Balaban J connectivity index is 1.47. The lowest BCUT2D eigenvalue weighted by atomic mass is 10.2. The van der Waals surface area contributed by atoms with Crippen LogP contribution in [0.15, 0.2) is 59.6 Å². The molecule has 172 valence electrons. The number of hydrogen-bond acceptors (Lipinski definition) is 6. The molecule has 0 radical (unpaired) electrons. The number of nitro groups is 1. The van der Waals surface area contributed by atoms with Gasteiger partial charge in [0.15, 0.2) is 0 Å². The van der Waals surface area contributed by atoms with E-state index in [1.165, 1.54) is 45.5 Å². The van der Waals surface area contributed by atoms with Gasteiger partial charge in [-0.2, -0.15) is 9.40 Å². The van der Waals surface area contributed by atoms with Crippen molar-refractivity contribution in [1.29, 1.82) is 0 Å². The van der Waals surface area contributed by atoms with Crippen LogP contribution in [0.4, 0.5) is 10.1 Å². The second-order valence-corrected chi connectivity index (χ2v) is 9.42. The summed E-state index contributed by atoms with van der Waals surface area (Å²) in [7, 11) is -3.93. The zero-order valence-electron chi connectivity index (χ0n) is 17.6. The fraction of sp³-hybridized carbons (Fsp3) is 0.238. The van der Waals surface area contributed by atoms with E-state index < -0.39 is 14.9 Å². The van der Waals surface area contributed by atoms with Gasteiger partial charge in [0, 0.05) is 38.3 Å². The van der Waals surface area contributed by atoms with Crippen molar-refractivity contribution in [2.45, 2.75) is 11.8 Å². The number of rotatable bonds is 5. The maximum atomic E-state index is 13.2. The van der Waals surface area contributed by atoms with E-state index >= 15 is 0 Å². The molecule has 3 aromatic rings. The fourth-order valence-electron chi connectivity index (χ4n) is 3.67. The maximum absolute atomic E-state index is 13.2. The lowest BCUT2D eigenvalue weighted by Gasteiger charge is -2.34. The van der Waals surface area contributed by atoms with Gasteiger partial charge in [-0.1, -0.05) is 6.07 Å². The van der Waals surface area contributed by atoms with E-state index in [0.29, 0.717) is 16.9 Å². The van der Waals surface area contributed by atoms with E-state index in [4.69, 9.17) is 0 Å². The van der Waals surface area contributed by atoms with Crippen molar-refractivity contribution in [1.82, 2.24) is 19.0 Å². The Morgan fingerprint density at radius 2 is 1.76 bits per heavy atom. The van der Waals surface area contributed by atoms with Gasteiger partial charge in [-0.3, -0.25) is 14.9 Å². The molecule has 0 aliphatic carbocycles. The highest BCUT2D eigenvalue weighted by molar-refractivity contribution is 7.89. The topological polar surface area (TPSA) is 119 Å². The summed E-state index contributed by atoms with van der Waals surface area (Å²) < 4.78 is 41.8. The monoisotopic (exact) mass is 473 g/mol. The summed E-state index contributed by atoms with van der Waals surface area (Å²) in [5.74, 6) is -0.661. The molecule has 4 rings (SSSR count). The molecular weight excluding hydrogens is 453 g/mol. The molecule has 0 unspecified atom stereocenters. The Morgan fingerprint density at radius 3 is 2.39 bits per heavy atom. The quantitative estimate of drug-likeness (QED) is 0.415. The molecule has 33 heavy (non-hydrogen) atoms. The first-order valence-corrected chi connectivity index (χ1v) is 11.5. The molecule has 1 amide bonds. The van der Waals surface area contributed by atoms with Crippen LogP contribution >= 0.6 is 0 Å². The van der Waals surface area contributed by atoms with Crippen molar-refractivity contribution >= 4 is 21.6 Å². The van der Waals surface area contributed by atoms with E-state index in [9.17, 15) is 27.7 Å². The van der Waals surface area contributed by atoms with Gasteiger partial charge in [0.05, 0.1) is 33.0 Å². The molecule has 1 saturated heterocycles. The Bertz CT molecular complexity index is 1320. The first kappa shape index (κ1) is 22.6. The summed E-state index contributed by atoms with van der Waals surface area (Å²) in [5.41, 5.74) is 1.26. The average molecular weight is 473 g/mol. The standard InChI is InChI=1S/C21H20FN5O5S/c1-15-20(14-23-26(15)17-7-5-16(22)6-8-17)21(28)24-9-11-25(12-10-24)33(31,32)19-4-2-3-18(13-19)27(29)30/h2-8,13-14H,9-12H2,1H3. The number of aromatic nitrogens is 2. The molecule has 1 fully saturated rings. The highest BCUT2D eigenvalue weighted by Crippen LogP contribution is 2.23. The zero-order valence-corrected chi connectivity index (χ0v) is 18.4. The van der Waals surface area contributed by atoms with Gasteiger partial charge in [0.1, 0.15) is 5.82 Å². The van der Waals surface area contributed by atoms with Crippen molar-refractivity contribution in [3.63, 3.8) is 0 Å². The molecule has 0 bridgehead atoms. The predicted octanol–water partition coefficient (Wildman–Crippen LogP) is 2.37. The number of nitrogens with zero attached hydrogens (tertiary/aromatic N) is 5. The number of piperazine rings is 1. The minimum atomic E-state index is -3.93. The van der Waals surface area contributed by atoms with Crippen LogP contribution in [-0.2, 0) is 10.0 Å². The van der Waals surface area contributed by atoms with Gasteiger partial charge in [0.25, 0.3) is 11.6 Å². The Kier molecular flexibility index (Phi) is 5.95. The molecule has 12 heteroatoms. The van der Waals surface area contributed by atoms with Crippen molar-refractivity contribution in [2.75, 3.05) is 26.2 Å². The van der Waals surface area contributed by atoms with Crippen LogP contribution in [0.3, 0.4) is 0 Å². The second-order valence-electron chi connectivity index (χ2n) is 7.48. The Labute approximate surface area is 189 Å². The Morgan fingerprint density at radius 1 is 1.09 bits per heavy atom. The zero-order chi connectivity index (χ0) is 23.8. The summed E-state index contributed by atoms with van der Waals surface area (Å²) >= 11 is 0. The summed E-state index contributed by atoms with van der Waals surface area (Å²) in [6.07, 6.45) is 1.44. The normalized spacial score (nSPS) is 14.9. The van der Waals surface area contributed by atoms with Crippen molar-refractivity contribution in [3.05, 3.63) is 81.9 Å². The Hall–Kier alpha value is -3.64. The van der Waals surface area contributed by atoms with Crippen LogP contribution in [0, 0.1) is 22.9 Å². The van der Waals surface area contributed by atoms with Crippen LogP contribution in [0.1, 0.15) is 16.1 Å². The van der Waals surface area contributed by atoms with Crippen molar-refractivity contribution < 1.29 is 22.5 Å². The molecule has 2 aromatic carbocycles. The number of halogens is 1. The third-order valence-electron chi connectivity index (χ3n) is 5.50. The molecule has 2 heterocycles. The number of non-ortho nitro benzene ring substituents is 1. The molecule has 1 aliphatic heterocycles. The van der Waals surface area contributed by atoms with Crippen LogP contribution in [0.25, 0.3) is 5.69 Å². The van der Waals surface area contributed by atoms with Crippen LogP contribution in [0.5, 0.6) is 0 Å². The smallest absolute Gasteiger partial charge is 0.270 e. The average Bonchev–Trinajstić information content (AvgIpc) is 3.20. The number of nitro benzene ring substituents is 1. The number of hydrogen-bond donors (Lipinski definition) is 0. The molecule has 10 nitrogen and oxygen atoms in total. The summed E-state index contributed by atoms with van der Waals surface area (Å²) in [5, 5.41) is 15.2. The number of carbonyl (C=O) groups is 1. The lowest BCUT2D eigenvalue weighted by molar-refractivity contribution is -0.385. The van der Waals surface area contributed by atoms with Gasteiger partial charge in [-0.15, -0.1) is 0 Å². The highest BCUT2D eigenvalue weighted by Gasteiger charge is 2.32. The van der Waals surface area contributed by atoms with Crippen molar-refractivity contribution in [3.8, 4) is 5.69 Å². The second kappa shape index (κ2) is 8.71. The molecule has 1 aliphatic rings. The molecule has 0 atom stereocenters. The summed E-state index contributed by atoms with van der Waals surface area (Å²) in [6.45, 7) is 2.17. The van der Waals surface area contributed by atoms with E-state index in [1.807, 2.05) is 0 Å². The highest BCUT2D eigenvalue weighted by atomic mass is 32.2. The van der Waals surface area contributed by atoms with Gasteiger partial charge < -0.3 is 4.90 Å². The SMILES string of the molecule is Cc1c(C(=O)N2CCN(S(=O)(=O)c3cccc([N+](=O)[O-])c3)CC2)cnn1-c1ccc(F)cc1. The first-order valence-electron chi connectivity index (χ1n) is 10.0. The molecular formula is C21H20FN5O5S. The minimum absolute atomic E-state index is 0.0575. The van der Waals surface area contributed by atoms with Gasteiger partial charge in [-0.25, -0.2) is 17.5 Å². The number of benzene rings is 2. The van der Waals surface area contributed by atoms with E-state index in [-0.39, 0.29) is 48.5 Å². The van der Waals surface area contributed by atoms with Crippen molar-refractivity contribution in [2.24, 2.45) is 0 Å². The van der Waals surface area contributed by atoms with Gasteiger partial charge in [-0.05, 0) is 37.3 Å². The summed E-state index contributed by atoms with van der Waals surface area (Å²) in [6, 6.07) is 10.6. The van der Waals surface area contributed by atoms with E-state index in [0.717, 1.165) is 6.07 Å². The number of sulfonamides is 1.